The number of benzene rings is 3. The van der Waals surface area contributed by atoms with E-state index in [2.05, 4.69) is 10.6 Å². The summed E-state index contributed by atoms with van der Waals surface area (Å²) in [7, 11) is -3.97. The molecule has 1 heterocycles. The highest BCUT2D eigenvalue weighted by Gasteiger charge is 2.54. The number of halogens is 1. The third kappa shape index (κ3) is 4.74. The molecule has 0 saturated carbocycles. The van der Waals surface area contributed by atoms with Crippen LogP contribution >= 0.6 is 11.6 Å². The van der Waals surface area contributed by atoms with Gasteiger partial charge in [0.05, 0.1) is 21.3 Å². The largest absolute Gasteiger partial charge is 0.325 e. The molecule has 39 heavy (non-hydrogen) atoms. The minimum atomic E-state index is -3.97. The maximum atomic E-state index is 13.5. The third-order valence-electron chi connectivity index (χ3n) is 7.08. The molecule has 1 spiro atoms. The molecule has 2 aliphatic rings. The van der Waals surface area contributed by atoms with E-state index < -0.39 is 40.0 Å². The number of nitrogens with one attached hydrogen (secondary N) is 2. The summed E-state index contributed by atoms with van der Waals surface area (Å²) in [5.41, 5.74) is 1.09. The van der Waals surface area contributed by atoms with Crippen LogP contribution in [0.3, 0.4) is 0 Å². The standard InChI is InChI=1S/C28H27ClN4O5S/c1-2-33(20-11-4-3-5-12-20)39(37,38)21-14-15-23(29)24(17-21)30-25(34)18-32-26(35)28(31-27(32)36)16-8-10-19-9-6-7-13-22(19)28/h3-7,9,11-15,17H,2,8,10,16,18H2,1H3,(H,30,34)(H,31,36). The van der Waals surface area contributed by atoms with Crippen LogP contribution in [0.4, 0.5) is 16.2 Å². The summed E-state index contributed by atoms with van der Waals surface area (Å²) in [6.07, 6.45) is 1.96. The molecule has 2 N–H and O–H groups in total. The summed E-state index contributed by atoms with van der Waals surface area (Å²) >= 11 is 6.28. The van der Waals surface area contributed by atoms with Crippen molar-refractivity contribution in [3.63, 3.8) is 0 Å². The first-order chi connectivity index (χ1) is 18.7. The highest BCUT2D eigenvalue weighted by Crippen LogP contribution is 2.40. The molecule has 202 valence electrons. The smallest absolute Gasteiger partial charge is 0.323 e. The van der Waals surface area contributed by atoms with E-state index in [0.717, 1.165) is 28.9 Å². The van der Waals surface area contributed by atoms with Crippen molar-refractivity contribution in [3.8, 4) is 0 Å². The van der Waals surface area contributed by atoms with Crippen LogP contribution in [0, 0.1) is 0 Å². The van der Waals surface area contributed by atoms with E-state index >= 15 is 0 Å². The Hall–Kier alpha value is -3.89. The Bertz CT molecular complexity index is 1560. The van der Waals surface area contributed by atoms with Crippen LogP contribution in [-0.2, 0) is 31.6 Å². The average molecular weight is 567 g/mol. The minimum absolute atomic E-state index is 0.0524. The molecule has 3 aromatic rings. The first kappa shape index (κ1) is 26.7. The Morgan fingerprint density at radius 2 is 1.79 bits per heavy atom. The maximum Gasteiger partial charge on any atom is 0.325 e. The van der Waals surface area contributed by atoms with Gasteiger partial charge in [-0.2, -0.15) is 0 Å². The molecule has 9 nitrogen and oxygen atoms in total. The Morgan fingerprint density at radius 1 is 1.08 bits per heavy atom. The van der Waals surface area contributed by atoms with Crippen molar-refractivity contribution in [2.75, 3.05) is 22.7 Å². The number of amides is 4. The molecule has 1 fully saturated rings. The molecule has 4 amide bonds. The van der Waals surface area contributed by atoms with Crippen molar-refractivity contribution >= 4 is 50.8 Å². The van der Waals surface area contributed by atoms with Crippen molar-refractivity contribution in [1.82, 2.24) is 10.2 Å². The van der Waals surface area contributed by atoms with Gasteiger partial charge in [-0.25, -0.2) is 13.2 Å². The zero-order valence-electron chi connectivity index (χ0n) is 21.2. The number of rotatable bonds is 7. The summed E-state index contributed by atoms with van der Waals surface area (Å²) in [6.45, 7) is 1.36. The molecule has 1 aliphatic heterocycles. The van der Waals surface area contributed by atoms with Gasteiger partial charge in [-0.15, -0.1) is 0 Å². The van der Waals surface area contributed by atoms with Crippen LogP contribution < -0.4 is 14.9 Å². The van der Waals surface area contributed by atoms with Gasteiger partial charge >= 0.3 is 6.03 Å². The molecule has 11 heteroatoms. The molecule has 0 bridgehead atoms. The van der Waals surface area contributed by atoms with Crippen LogP contribution in [0.5, 0.6) is 0 Å². The number of para-hydroxylation sites is 1. The van der Waals surface area contributed by atoms with E-state index in [1.165, 1.54) is 22.5 Å². The van der Waals surface area contributed by atoms with Gasteiger partial charge in [-0.3, -0.25) is 18.8 Å². The summed E-state index contributed by atoms with van der Waals surface area (Å²) in [5, 5.41) is 5.50. The lowest BCUT2D eigenvalue weighted by Crippen LogP contribution is -2.47. The molecule has 5 rings (SSSR count). The molecule has 1 aliphatic carbocycles. The molecule has 3 aromatic carbocycles. The first-order valence-electron chi connectivity index (χ1n) is 12.6. The first-order valence-corrected chi connectivity index (χ1v) is 14.4. The molecule has 1 unspecified atom stereocenters. The fourth-order valence-electron chi connectivity index (χ4n) is 5.26. The summed E-state index contributed by atoms with van der Waals surface area (Å²) in [4.78, 5) is 40.2. The number of aryl methyl sites for hydroxylation is 1. The van der Waals surface area contributed by atoms with Gasteiger partial charge in [0.1, 0.15) is 12.1 Å². The number of hydrogen-bond donors (Lipinski definition) is 2. The molecule has 1 saturated heterocycles. The Morgan fingerprint density at radius 3 is 2.54 bits per heavy atom. The highest BCUT2D eigenvalue weighted by molar-refractivity contribution is 7.92. The van der Waals surface area contributed by atoms with Gasteiger partial charge in [0.2, 0.25) is 5.91 Å². The summed E-state index contributed by atoms with van der Waals surface area (Å²) in [5.74, 6) is -1.18. The summed E-state index contributed by atoms with van der Waals surface area (Å²) in [6, 6.07) is 19.5. The zero-order valence-corrected chi connectivity index (χ0v) is 22.8. The van der Waals surface area contributed by atoms with Crippen LogP contribution in [0.25, 0.3) is 0 Å². The Kier molecular flexibility index (Phi) is 7.09. The monoisotopic (exact) mass is 566 g/mol. The van der Waals surface area contributed by atoms with Crippen LogP contribution in [0.1, 0.15) is 30.9 Å². The van der Waals surface area contributed by atoms with E-state index in [0.29, 0.717) is 12.1 Å². The molecule has 0 radical (unpaired) electrons. The van der Waals surface area contributed by atoms with E-state index in [-0.39, 0.29) is 22.2 Å². The topological polar surface area (TPSA) is 116 Å². The van der Waals surface area contributed by atoms with E-state index in [1.54, 1.807) is 37.3 Å². The SMILES string of the molecule is CCN(c1ccccc1)S(=O)(=O)c1ccc(Cl)c(NC(=O)CN2C(=O)NC3(CCCc4ccccc43)C2=O)c1. The lowest BCUT2D eigenvalue weighted by Gasteiger charge is -2.33. The number of fused-ring (bicyclic) bond motifs is 2. The van der Waals surface area contributed by atoms with E-state index in [4.69, 9.17) is 11.6 Å². The summed E-state index contributed by atoms with van der Waals surface area (Å²) < 4.78 is 28.1. The quantitative estimate of drug-likeness (QED) is 0.414. The minimum Gasteiger partial charge on any atom is -0.323 e. The van der Waals surface area contributed by atoms with Gasteiger partial charge in [0.15, 0.2) is 0 Å². The van der Waals surface area contributed by atoms with Crippen LogP contribution in [0.2, 0.25) is 5.02 Å². The second-order valence-electron chi connectivity index (χ2n) is 9.43. The lowest BCUT2D eigenvalue weighted by atomic mass is 9.76. The van der Waals surface area contributed by atoms with Crippen LogP contribution in [0.15, 0.2) is 77.7 Å². The number of hydrogen-bond acceptors (Lipinski definition) is 5. The number of nitrogens with zero attached hydrogens (tertiary/aromatic N) is 2. The van der Waals surface area contributed by atoms with Crippen molar-refractivity contribution in [3.05, 3.63) is 88.9 Å². The second-order valence-corrected chi connectivity index (χ2v) is 11.7. The Balaban J connectivity index is 1.36. The van der Waals surface area contributed by atoms with Crippen molar-refractivity contribution in [1.29, 1.82) is 0 Å². The highest BCUT2D eigenvalue weighted by atomic mass is 35.5. The Labute approximate surface area is 231 Å². The fourth-order valence-corrected chi connectivity index (χ4v) is 6.93. The van der Waals surface area contributed by atoms with Gasteiger partial charge in [-0.05, 0) is 67.6 Å². The van der Waals surface area contributed by atoms with Gasteiger partial charge in [-0.1, -0.05) is 54.1 Å². The molecule has 1 atom stereocenters. The van der Waals surface area contributed by atoms with Crippen molar-refractivity contribution < 1.29 is 22.8 Å². The fraction of sp³-hybridized carbons (Fsp3) is 0.250. The molecule has 0 aromatic heterocycles. The normalized spacial score (nSPS) is 18.6. The average Bonchev–Trinajstić information content (AvgIpc) is 3.15. The number of carbonyl (C=O) groups excluding carboxylic acids is 3. The number of anilines is 2. The van der Waals surface area contributed by atoms with E-state index in [9.17, 15) is 22.8 Å². The lowest BCUT2D eigenvalue weighted by molar-refractivity contribution is -0.134. The molecular weight excluding hydrogens is 540 g/mol. The molecular formula is C28H27ClN4O5S. The van der Waals surface area contributed by atoms with E-state index in [1.807, 2.05) is 24.3 Å². The van der Waals surface area contributed by atoms with Gasteiger partial charge in [0.25, 0.3) is 15.9 Å². The predicted molar refractivity (Wildman–Crippen MR) is 148 cm³/mol. The van der Waals surface area contributed by atoms with Crippen LogP contribution in [-0.4, -0.2) is 44.3 Å². The zero-order chi connectivity index (χ0) is 27.8. The van der Waals surface area contributed by atoms with Crippen molar-refractivity contribution in [2.24, 2.45) is 0 Å². The number of imide groups is 1. The predicted octanol–water partition coefficient (Wildman–Crippen LogP) is 4.28. The third-order valence-corrected chi connectivity index (χ3v) is 9.31. The number of urea groups is 1. The number of sulfonamides is 1. The number of carbonyl (C=O) groups is 3. The maximum absolute atomic E-state index is 13.5. The van der Waals surface area contributed by atoms with Crippen molar-refractivity contribution in [2.45, 2.75) is 36.6 Å². The second kappa shape index (κ2) is 10.3. The van der Waals surface area contributed by atoms with Gasteiger partial charge in [0, 0.05) is 6.54 Å². The van der Waals surface area contributed by atoms with Gasteiger partial charge < -0.3 is 10.6 Å².